The van der Waals surface area contributed by atoms with Crippen LogP contribution < -0.4 is 4.90 Å². The fourth-order valence-electron chi connectivity index (χ4n) is 2.70. The zero-order valence-corrected chi connectivity index (χ0v) is 12.8. The van der Waals surface area contributed by atoms with Crippen LogP contribution in [-0.4, -0.2) is 65.9 Å². The Morgan fingerprint density at radius 2 is 2.05 bits per heavy atom. The van der Waals surface area contributed by atoms with E-state index in [0.717, 1.165) is 56.4 Å². The van der Waals surface area contributed by atoms with Crippen LogP contribution in [0, 0.1) is 0 Å². The fraction of sp³-hybridized carbons (Fsp3) is 0.600. The van der Waals surface area contributed by atoms with Crippen molar-refractivity contribution < 1.29 is 4.74 Å². The molecule has 3 rings (SSSR count). The van der Waals surface area contributed by atoms with Crippen molar-refractivity contribution in [2.24, 2.45) is 0 Å². The number of pyridine rings is 1. The first-order chi connectivity index (χ1) is 10.3. The van der Waals surface area contributed by atoms with Crippen LogP contribution in [0.4, 0.5) is 5.95 Å². The van der Waals surface area contributed by atoms with E-state index in [2.05, 4.69) is 26.4 Å². The van der Waals surface area contributed by atoms with Crippen molar-refractivity contribution in [2.45, 2.75) is 13.5 Å². The van der Waals surface area contributed by atoms with Gasteiger partial charge in [-0.3, -0.25) is 4.57 Å². The van der Waals surface area contributed by atoms with Crippen molar-refractivity contribution in [1.82, 2.24) is 19.4 Å². The SMILES string of the molecule is CCOCCn1c(N2CCN(C)CC2)nc2cccnc21. The van der Waals surface area contributed by atoms with Crippen LogP contribution in [0.3, 0.4) is 0 Å². The Kier molecular flexibility index (Phi) is 4.36. The van der Waals surface area contributed by atoms with Crippen molar-refractivity contribution in [1.29, 1.82) is 0 Å². The minimum Gasteiger partial charge on any atom is -0.380 e. The van der Waals surface area contributed by atoms with E-state index in [9.17, 15) is 0 Å². The molecule has 0 saturated carbocycles. The Balaban J connectivity index is 1.90. The molecule has 114 valence electrons. The van der Waals surface area contributed by atoms with Crippen LogP contribution in [0.2, 0.25) is 0 Å². The average molecular weight is 289 g/mol. The molecule has 2 aromatic heterocycles. The fourth-order valence-corrected chi connectivity index (χ4v) is 2.70. The van der Waals surface area contributed by atoms with Crippen molar-refractivity contribution in [3.8, 4) is 0 Å². The number of piperazine rings is 1. The van der Waals surface area contributed by atoms with Gasteiger partial charge in [0.1, 0.15) is 5.52 Å². The largest absolute Gasteiger partial charge is 0.380 e. The van der Waals surface area contributed by atoms with Gasteiger partial charge in [0.25, 0.3) is 0 Å². The van der Waals surface area contributed by atoms with Gasteiger partial charge < -0.3 is 14.5 Å². The quantitative estimate of drug-likeness (QED) is 0.775. The number of hydrogen-bond acceptors (Lipinski definition) is 5. The van der Waals surface area contributed by atoms with Crippen LogP contribution in [-0.2, 0) is 11.3 Å². The van der Waals surface area contributed by atoms with Crippen LogP contribution in [0.25, 0.3) is 11.2 Å². The third-order valence-electron chi connectivity index (χ3n) is 3.93. The molecule has 6 heteroatoms. The summed E-state index contributed by atoms with van der Waals surface area (Å²) in [5, 5.41) is 0. The van der Waals surface area contributed by atoms with Crippen LogP contribution in [0.5, 0.6) is 0 Å². The Morgan fingerprint density at radius 3 is 2.81 bits per heavy atom. The molecule has 0 N–H and O–H groups in total. The highest BCUT2D eigenvalue weighted by Gasteiger charge is 2.21. The summed E-state index contributed by atoms with van der Waals surface area (Å²) in [6.45, 7) is 8.41. The van der Waals surface area contributed by atoms with Gasteiger partial charge in [-0.2, -0.15) is 0 Å². The minimum absolute atomic E-state index is 0.694. The topological polar surface area (TPSA) is 46.4 Å². The van der Waals surface area contributed by atoms with Gasteiger partial charge in [-0.15, -0.1) is 0 Å². The summed E-state index contributed by atoms with van der Waals surface area (Å²) in [5.41, 5.74) is 1.91. The van der Waals surface area contributed by atoms with Crippen molar-refractivity contribution in [3.05, 3.63) is 18.3 Å². The van der Waals surface area contributed by atoms with Gasteiger partial charge >= 0.3 is 0 Å². The number of imidazole rings is 1. The maximum Gasteiger partial charge on any atom is 0.207 e. The first-order valence-electron chi connectivity index (χ1n) is 7.62. The molecular formula is C15H23N5O. The Labute approximate surface area is 125 Å². The van der Waals surface area contributed by atoms with E-state index in [1.807, 2.05) is 25.3 Å². The summed E-state index contributed by atoms with van der Waals surface area (Å²) < 4.78 is 7.70. The standard InChI is InChI=1S/C15H23N5O/c1-3-21-12-11-20-14-13(5-4-6-16-14)17-15(20)19-9-7-18(2)8-10-19/h4-6H,3,7-12H2,1-2H3. The first kappa shape index (κ1) is 14.3. The third kappa shape index (κ3) is 3.01. The highest BCUT2D eigenvalue weighted by Crippen LogP contribution is 2.21. The van der Waals surface area contributed by atoms with Gasteiger partial charge in [-0.25, -0.2) is 9.97 Å². The predicted molar refractivity (Wildman–Crippen MR) is 83.7 cm³/mol. The Hall–Kier alpha value is -1.66. The van der Waals surface area contributed by atoms with E-state index in [0.29, 0.717) is 6.61 Å². The molecule has 0 amide bonds. The summed E-state index contributed by atoms with van der Waals surface area (Å²) in [6.07, 6.45) is 1.83. The van der Waals surface area contributed by atoms with Crippen molar-refractivity contribution >= 4 is 17.1 Å². The molecule has 21 heavy (non-hydrogen) atoms. The van der Waals surface area contributed by atoms with E-state index >= 15 is 0 Å². The minimum atomic E-state index is 0.694. The Morgan fingerprint density at radius 1 is 1.24 bits per heavy atom. The summed E-state index contributed by atoms with van der Waals surface area (Å²) >= 11 is 0. The normalized spacial score (nSPS) is 16.8. The number of rotatable bonds is 5. The van der Waals surface area contributed by atoms with Gasteiger partial charge in [0.15, 0.2) is 5.65 Å². The zero-order chi connectivity index (χ0) is 14.7. The van der Waals surface area contributed by atoms with E-state index < -0.39 is 0 Å². The van der Waals surface area contributed by atoms with Gasteiger partial charge in [0.05, 0.1) is 13.2 Å². The second kappa shape index (κ2) is 6.41. The average Bonchev–Trinajstić information content (AvgIpc) is 2.87. The lowest BCUT2D eigenvalue weighted by molar-refractivity contribution is 0.139. The van der Waals surface area contributed by atoms with E-state index in [-0.39, 0.29) is 0 Å². The lowest BCUT2D eigenvalue weighted by Gasteiger charge is -2.33. The van der Waals surface area contributed by atoms with Crippen molar-refractivity contribution in [2.75, 3.05) is 51.3 Å². The predicted octanol–water partition coefficient (Wildman–Crippen LogP) is 1.22. The molecule has 1 fully saturated rings. The lowest BCUT2D eigenvalue weighted by atomic mass is 10.3. The molecular weight excluding hydrogens is 266 g/mol. The van der Waals surface area contributed by atoms with Crippen molar-refractivity contribution in [3.63, 3.8) is 0 Å². The van der Waals surface area contributed by atoms with Gasteiger partial charge in [-0.1, -0.05) is 0 Å². The summed E-state index contributed by atoms with van der Waals surface area (Å²) in [6, 6.07) is 3.97. The number of aromatic nitrogens is 3. The second-order valence-corrected chi connectivity index (χ2v) is 5.40. The van der Waals surface area contributed by atoms with E-state index in [4.69, 9.17) is 9.72 Å². The molecule has 0 bridgehead atoms. The van der Waals surface area contributed by atoms with Crippen LogP contribution in [0.1, 0.15) is 6.92 Å². The van der Waals surface area contributed by atoms with E-state index in [1.165, 1.54) is 0 Å². The molecule has 0 aliphatic carbocycles. The third-order valence-corrected chi connectivity index (χ3v) is 3.93. The smallest absolute Gasteiger partial charge is 0.207 e. The lowest BCUT2D eigenvalue weighted by Crippen LogP contribution is -2.45. The zero-order valence-electron chi connectivity index (χ0n) is 12.8. The molecule has 3 heterocycles. The molecule has 1 saturated heterocycles. The maximum absolute atomic E-state index is 5.51. The number of nitrogens with zero attached hydrogens (tertiary/aromatic N) is 5. The summed E-state index contributed by atoms with van der Waals surface area (Å²) in [7, 11) is 2.16. The van der Waals surface area contributed by atoms with Gasteiger partial charge in [0.2, 0.25) is 5.95 Å². The number of anilines is 1. The summed E-state index contributed by atoms with van der Waals surface area (Å²) in [5.74, 6) is 1.02. The molecule has 1 aliphatic heterocycles. The van der Waals surface area contributed by atoms with Gasteiger partial charge in [-0.05, 0) is 26.1 Å². The number of fused-ring (bicyclic) bond motifs is 1. The van der Waals surface area contributed by atoms with Gasteiger partial charge in [0, 0.05) is 39.0 Å². The maximum atomic E-state index is 5.51. The molecule has 0 spiro atoms. The van der Waals surface area contributed by atoms with Crippen LogP contribution in [0.15, 0.2) is 18.3 Å². The Bertz CT molecular complexity index is 589. The number of likely N-dealkylation sites (N-methyl/N-ethyl adjacent to an activating group) is 1. The molecule has 2 aromatic rings. The van der Waals surface area contributed by atoms with E-state index in [1.54, 1.807) is 0 Å². The molecule has 6 nitrogen and oxygen atoms in total. The highest BCUT2D eigenvalue weighted by molar-refractivity contribution is 5.74. The molecule has 0 radical (unpaired) electrons. The monoisotopic (exact) mass is 289 g/mol. The highest BCUT2D eigenvalue weighted by atomic mass is 16.5. The number of hydrogen-bond donors (Lipinski definition) is 0. The first-order valence-corrected chi connectivity index (χ1v) is 7.62. The van der Waals surface area contributed by atoms with Crippen LogP contribution >= 0.6 is 0 Å². The molecule has 1 aliphatic rings. The molecule has 0 aromatic carbocycles. The molecule has 0 atom stereocenters. The molecule has 0 unspecified atom stereocenters. The second-order valence-electron chi connectivity index (χ2n) is 5.40. The number of ether oxygens (including phenoxy) is 1. The summed E-state index contributed by atoms with van der Waals surface area (Å²) in [4.78, 5) is 14.0.